The van der Waals surface area contributed by atoms with Crippen molar-refractivity contribution >= 4 is 23.3 Å². The van der Waals surface area contributed by atoms with Gasteiger partial charge in [0, 0.05) is 11.1 Å². The van der Waals surface area contributed by atoms with Crippen molar-refractivity contribution in [2.75, 3.05) is 6.61 Å². The summed E-state index contributed by atoms with van der Waals surface area (Å²) < 4.78 is 5.08. The summed E-state index contributed by atoms with van der Waals surface area (Å²) in [4.78, 5) is 22.1. The van der Waals surface area contributed by atoms with Crippen LogP contribution in [0.1, 0.15) is 55.8 Å². The number of halogens is 1. The Hall–Kier alpha value is -1.62. The minimum Gasteiger partial charge on any atom is -0.462 e. The van der Waals surface area contributed by atoms with Crippen molar-refractivity contribution < 1.29 is 14.5 Å². The number of hydrogen-bond donors (Lipinski definition) is 0. The lowest BCUT2D eigenvalue weighted by molar-refractivity contribution is -0.385. The summed E-state index contributed by atoms with van der Waals surface area (Å²) in [6, 6.07) is 3.86. The fraction of sp³-hybridized carbons (Fsp3) is 0.533. The first-order valence-electron chi connectivity index (χ1n) is 7.17. The van der Waals surface area contributed by atoms with Crippen molar-refractivity contribution in [1.29, 1.82) is 0 Å². The second-order valence-corrected chi connectivity index (χ2v) is 5.26. The van der Waals surface area contributed by atoms with Crippen LogP contribution in [0, 0.1) is 10.1 Å². The van der Waals surface area contributed by atoms with Crippen LogP contribution in [0.3, 0.4) is 0 Å². The molecule has 0 N–H and O–H groups in total. The molecule has 21 heavy (non-hydrogen) atoms. The van der Waals surface area contributed by atoms with E-state index in [1.54, 1.807) is 0 Å². The third kappa shape index (κ3) is 6.12. The molecule has 1 aromatic rings. The van der Waals surface area contributed by atoms with E-state index in [9.17, 15) is 14.9 Å². The van der Waals surface area contributed by atoms with E-state index in [4.69, 9.17) is 16.3 Å². The minimum absolute atomic E-state index is 0.0986. The van der Waals surface area contributed by atoms with E-state index in [-0.39, 0.29) is 22.9 Å². The molecule has 1 rings (SSSR count). The predicted octanol–water partition coefficient (Wildman–Crippen LogP) is 4.77. The SMILES string of the molecule is CCCCCCCCOC(=O)c1cc(Cl)ccc1[N+](=O)[O-]. The number of carbonyl (C=O) groups excluding carboxylic acids is 1. The highest BCUT2D eigenvalue weighted by atomic mass is 35.5. The largest absolute Gasteiger partial charge is 0.462 e. The highest BCUT2D eigenvalue weighted by Crippen LogP contribution is 2.23. The second kappa shape index (κ2) is 9.34. The molecule has 0 aromatic heterocycles. The Balaban J connectivity index is 2.45. The summed E-state index contributed by atoms with van der Waals surface area (Å²) in [7, 11) is 0. The number of nitrogens with zero attached hydrogens (tertiary/aromatic N) is 1. The first kappa shape index (κ1) is 17.4. The Kier molecular flexibility index (Phi) is 7.75. The van der Waals surface area contributed by atoms with Crippen LogP contribution < -0.4 is 0 Å². The molecular weight excluding hydrogens is 294 g/mol. The van der Waals surface area contributed by atoms with Crippen LogP contribution in [0.4, 0.5) is 5.69 Å². The van der Waals surface area contributed by atoms with E-state index in [0.29, 0.717) is 0 Å². The summed E-state index contributed by atoms with van der Waals surface area (Å²) in [5.41, 5.74) is -0.383. The number of hydrogen-bond acceptors (Lipinski definition) is 4. The van der Waals surface area contributed by atoms with Gasteiger partial charge in [0.05, 0.1) is 11.5 Å². The molecule has 0 bridgehead atoms. The molecule has 0 radical (unpaired) electrons. The third-order valence-corrected chi connectivity index (χ3v) is 3.34. The van der Waals surface area contributed by atoms with Crippen LogP contribution in [0.15, 0.2) is 18.2 Å². The van der Waals surface area contributed by atoms with Gasteiger partial charge >= 0.3 is 5.97 Å². The standard InChI is InChI=1S/C15H20ClNO4/c1-2-3-4-5-6-7-10-21-15(18)13-11-12(16)8-9-14(13)17(19)20/h8-9,11H,2-7,10H2,1H3. The van der Waals surface area contributed by atoms with Crippen LogP contribution in [0.25, 0.3) is 0 Å². The lowest BCUT2D eigenvalue weighted by Gasteiger charge is -2.06. The van der Waals surface area contributed by atoms with Crippen molar-refractivity contribution in [3.8, 4) is 0 Å². The maximum atomic E-state index is 11.9. The first-order chi connectivity index (χ1) is 10.1. The van der Waals surface area contributed by atoms with E-state index < -0.39 is 10.9 Å². The van der Waals surface area contributed by atoms with Gasteiger partial charge in [-0.1, -0.05) is 50.6 Å². The van der Waals surface area contributed by atoms with Crippen LogP contribution in [-0.4, -0.2) is 17.5 Å². The quantitative estimate of drug-likeness (QED) is 0.285. The molecular formula is C15H20ClNO4. The molecule has 0 aliphatic heterocycles. The summed E-state index contributed by atoms with van der Waals surface area (Å²) in [6.07, 6.45) is 6.46. The number of rotatable bonds is 9. The van der Waals surface area contributed by atoms with Gasteiger partial charge in [0.15, 0.2) is 0 Å². The van der Waals surface area contributed by atoms with Gasteiger partial charge in [-0.2, -0.15) is 0 Å². The Labute approximate surface area is 129 Å². The molecule has 0 saturated heterocycles. The fourth-order valence-electron chi connectivity index (χ4n) is 1.96. The van der Waals surface area contributed by atoms with Gasteiger partial charge in [0.1, 0.15) is 5.56 Å². The summed E-state index contributed by atoms with van der Waals surface area (Å²) >= 11 is 5.77. The van der Waals surface area contributed by atoms with Crippen molar-refractivity contribution in [2.24, 2.45) is 0 Å². The van der Waals surface area contributed by atoms with E-state index in [1.165, 1.54) is 37.5 Å². The topological polar surface area (TPSA) is 69.4 Å². The van der Waals surface area contributed by atoms with Gasteiger partial charge in [-0.3, -0.25) is 10.1 Å². The molecule has 0 unspecified atom stereocenters. The van der Waals surface area contributed by atoms with Gasteiger partial charge in [-0.15, -0.1) is 0 Å². The van der Waals surface area contributed by atoms with Crippen LogP contribution in [-0.2, 0) is 4.74 Å². The highest BCUT2D eigenvalue weighted by molar-refractivity contribution is 6.31. The molecule has 0 aliphatic carbocycles. The number of benzene rings is 1. The summed E-state index contributed by atoms with van der Waals surface area (Å²) in [5, 5.41) is 11.1. The number of unbranched alkanes of at least 4 members (excludes halogenated alkanes) is 5. The summed E-state index contributed by atoms with van der Waals surface area (Å²) in [5.74, 6) is -0.697. The highest BCUT2D eigenvalue weighted by Gasteiger charge is 2.21. The molecule has 0 amide bonds. The van der Waals surface area contributed by atoms with Crippen molar-refractivity contribution in [2.45, 2.75) is 45.4 Å². The molecule has 0 atom stereocenters. The monoisotopic (exact) mass is 313 g/mol. The van der Waals surface area contributed by atoms with Crippen LogP contribution in [0.2, 0.25) is 5.02 Å². The number of carbonyl (C=O) groups is 1. The van der Waals surface area contributed by atoms with Crippen molar-refractivity contribution in [3.63, 3.8) is 0 Å². The predicted molar refractivity (Wildman–Crippen MR) is 81.8 cm³/mol. The Morgan fingerprint density at radius 3 is 2.57 bits per heavy atom. The van der Waals surface area contributed by atoms with Gasteiger partial charge in [-0.05, 0) is 18.6 Å². The third-order valence-electron chi connectivity index (χ3n) is 3.11. The van der Waals surface area contributed by atoms with Crippen molar-refractivity contribution in [1.82, 2.24) is 0 Å². The molecule has 116 valence electrons. The van der Waals surface area contributed by atoms with Crippen LogP contribution in [0.5, 0.6) is 0 Å². The Morgan fingerprint density at radius 1 is 1.24 bits per heavy atom. The fourth-order valence-corrected chi connectivity index (χ4v) is 2.13. The number of ether oxygens (including phenoxy) is 1. The summed E-state index contributed by atoms with van der Waals surface area (Å²) in [6.45, 7) is 2.42. The molecule has 6 heteroatoms. The average Bonchev–Trinajstić information content (AvgIpc) is 2.45. The van der Waals surface area contributed by atoms with Gasteiger partial charge in [0.25, 0.3) is 5.69 Å². The lowest BCUT2D eigenvalue weighted by Crippen LogP contribution is -2.09. The maximum absolute atomic E-state index is 11.9. The van der Waals surface area contributed by atoms with Gasteiger partial charge < -0.3 is 4.74 Å². The van der Waals surface area contributed by atoms with E-state index in [1.807, 2.05) is 0 Å². The zero-order valence-electron chi connectivity index (χ0n) is 12.1. The Bertz CT molecular complexity index is 491. The number of nitro groups is 1. The van der Waals surface area contributed by atoms with Gasteiger partial charge in [0.2, 0.25) is 0 Å². The number of nitro benzene ring substituents is 1. The molecule has 0 aliphatic rings. The first-order valence-corrected chi connectivity index (χ1v) is 7.55. The number of esters is 1. The van der Waals surface area contributed by atoms with E-state index >= 15 is 0 Å². The average molecular weight is 314 g/mol. The smallest absolute Gasteiger partial charge is 0.345 e. The maximum Gasteiger partial charge on any atom is 0.345 e. The molecule has 0 spiro atoms. The molecule has 0 heterocycles. The minimum atomic E-state index is -0.697. The molecule has 0 fully saturated rings. The van der Waals surface area contributed by atoms with Crippen LogP contribution >= 0.6 is 11.6 Å². The molecule has 5 nitrogen and oxygen atoms in total. The Morgan fingerprint density at radius 2 is 1.90 bits per heavy atom. The van der Waals surface area contributed by atoms with Crippen molar-refractivity contribution in [3.05, 3.63) is 38.9 Å². The second-order valence-electron chi connectivity index (χ2n) is 4.82. The molecule has 1 aromatic carbocycles. The molecule has 0 saturated carbocycles. The zero-order chi connectivity index (χ0) is 15.7. The van der Waals surface area contributed by atoms with E-state index in [0.717, 1.165) is 19.3 Å². The zero-order valence-corrected chi connectivity index (χ0v) is 12.9. The lowest BCUT2D eigenvalue weighted by atomic mass is 10.1. The van der Waals surface area contributed by atoms with Gasteiger partial charge in [-0.25, -0.2) is 4.79 Å². The van der Waals surface area contributed by atoms with E-state index in [2.05, 4.69) is 6.92 Å². The normalized spacial score (nSPS) is 10.4.